The molecule has 0 aliphatic carbocycles. The molecule has 0 atom stereocenters. The molecule has 2 aromatic heterocycles. The zero-order valence-electron chi connectivity index (χ0n) is 33.1. The summed E-state index contributed by atoms with van der Waals surface area (Å²) in [6.07, 6.45) is 4.40. The minimum atomic E-state index is -1.10. The van der Waals surface area contributed by atoms with Crippen molar-refractivity contribution in [1.82, 2.24) is 28.9 Å². The van der Waals surface area contributed by atoms with Gasteiger partial charge in [-0.1, -0.05) is 32.0 Å². The molecule has 2 fully saturated rings. The highest BCUT2D eigenvalue weighted by atomic mass is 19.1. The van der Waals surface area contributed by atoms with E-state index in [0.29, 0.717) is 90.9 Å². The number of aliphatic hydroxyl groups is 2. The Bertz CT molecular complexity index is 2380. The van der Waals surface area contributed by atoms with Crippen molar-refractivity contribution >= 4 is 33.6 Å². The van der Waals surface area contributed by atoms with Gasteiger partial charge in [0.2, 0.25) is 5.91 Å². The number of hydrogen-bond acceptors (Lipinski definition) is 11. The Balaban J connectivity index is 0.000000196. The SMILES string of the molecule is COc1cc2ncn(CC3(O)CCN(C(=O)C(C)C)CC3)c(=O)c2cc1OC.O=C(COc1cccc(F)c1)N1CCC(O)(Cn2cnc3ccccc3c2=O)CC1. The first-order valence-corrected chi connectivity index (χ1v) is 19.2. The number of carbonyl (C=O) groups excluding carboxylic acids is 2. The molecule has 16 heteroatoms. The topological polar surface area (TPSA) is 179 Å². The largest absolute Gasteiger partial charge is 0.493 e. The van der Waals surface area contributed by atoms with Crippen molar-refractivity contribution in [2.45, 2.75) is 63.8 Å². The molecule has 3 aromatic carbocycles. The van der Waals surface area contributed by atoms with Crippen molar-refractivity contribution in [3.05, 3.63) is 99.8 Å². The third kappa shape index (κ3) is 9.62. The first kappa shape index (κ1) is 41.8. The summed E-state index contributed by atoms with van der Waals surface area (Å²) in [6.45, 7) is 5.44. The van der Waals surface area contributed by atoms with Crippen LogP contribution in [-0.2, 0) is 22.7 Å². The summed E-state index contributed by atoms with van der Waals surface area (Å²) >= 11 is 0. The summed E-state index contributed by atoms with van der Waals surface area (Å²) in [5.74, 6) is 0.608. The number of benzene rings is 3. The third-order valence-electron chi connectivity index (χ3n) is 10.7. The molecule has 0 spiro atoms. The molecule has 7 rings (SSSR count). The summed E-state index contributed by atoms with van der Waals surface area (Å²) in [5, 5.41) is 22.8. The quantitative estimate of drug-likeness (QED) is 0.212. The molecular formula is C42H49FN6O9. The number of carbonyl (C=O) groups is 2. The Kier molecular flexibility index (Phi) is 12.8. The van der Waals surface area contributed by atoms with Crippen LogP contribution in [0.3, 0.4) is 0 Å². The van der Waals surface area contributed by atoms with E-state index in [1.807, 2.05) is 19.9 Å². The molecule has 0 bridgehead atoms. The number of para-hydroxylation sites is 1. The average molecular weight is 801 g/mol. The van der Waals surface area contributed by atoms with Crippen LogP contribution in [0.2, 0.25) is 0 Å². The van der Waals surface area contributed by atoms with Gasteiger partial charge in [0, 0.05) is 44.2 Å². The predicted octanol–water partition coefficient (Wildman–Crippen LogP) is 3.39. The third-order valence-corrected chi connectivity index (χ3v) is 10.7. The maximum absolute atomic E-state index is 13.2. The zero-order chi connectivity index (χ0) is 41.6. The second-order valence-electron chi connectivity index (χ2n) is 15.2. The van der Waals surface area contributed by atoms with Gasteiger partial charge in [-0.05, 0) is 56.0 Å². The standard InChI is InChI=1S/C22H22FN3O4.C20H27N3O5/c23-16-4-3-5-17(12-16)30-13-20(27)25-10-8-22(29,9-11-25)14-26-15-24-19-7-2-1-6-18(19)21(26)28;1-13(2)18(24)22-7-5-20(26,6-8-22)11-23-12-21-15-10-17(28-4)16(27-3)9-14(15)19(23)25/h1-7,12,15,29H,8-11,13-14H2;9-10,12-13,26H,5-8,11H2,1-4H3. The summed E-state index contributed by atoms with van der Waals surface area (Å²) < 4.78 is 31.9. The summed E-state index contributed by atoms with van der Waals surface area (Å²) in [6, 6.07) is 16.0. The maximum Gasteiger partial charge on any atom is 0.261 e. The van der Waals surface area contributed by atoms with Crippen LogP contribution in [0.1, 0.15) is 39.5 Å². The lowest BCUT2D eigenvalue weighted by Gasteiger charge is -2.39. The van der Waals surface area contributed by atoms with Crippen LogP contribution < -0.4 is 25.3 Å². The van der Waals surface area contributed by atoms with Gasteiger partial charge in [0.05, 0.1) is 73.0 Å². The number of fused-ring (bicyclic) bond motifs is 2. The molecule has 58 heavy (non-hydrogen) atoms. The number of methoxy groups -OCH3 is 2. The molecule has 2 aliphatic rings. The van der Waals surface area contributed by atoms with Gasteiger partial charge in [0.1, 0.15) is 11.6 Å². The van der Waals surface area contributed by atoms with Crippen molar-refractivity contribution in [1.29, 1.82) is 0 Å². The highest BCUT2D eigenvalue weighted by Gasteiger charge is 2.36. The van der Waals surface area contributed by atoms with Gasteiger partial charge >= 0.3 is 0 Å². The number of aromatic nitrogens is 4. The van der Waals surface area contributed by atoms with E-state index in [9.17, 15) is 33.8 Å². The minimum Gasteiger partial charge on any atom is -0.493 e. The number of amides is 2. The molecule has 2 amide bonds. The Morgan fingerprint density at radius 2 is 1.29 bits per heavy atom. The van der Waals surface area contributed by atoms with Crippen molar-refractivity contribution in [3.8, 4) is 17.2 Å². The number of halogens is 1. The van der Waals surface area contributed by atoms with Crippen LogP contribution in [0.25, 0.3) is 21.8 Å². The van der Waals surface area contributed by atoms with E-state index in [2.05, 4.69) is 9.97 Å². The molecular weight excluding hydrogens is 751 g/mol. The lowest BCUT2D eigenvalue weighted by atomic mass is 9.90. The molecule has 0 saturated carbocycles. The minimum absolute atomic E-state index is 0.0644. The van der Waals surface area contributed by atoms with E-state index >= 15 is 0 Å². The van der Waals surface area contributed by atoms with Crippen LogP contribution in [0.15, 0.2) is 82.9 Å². The molecule has 4 heterocycles. The van der Waals surface area contributed by atoms with E-state index in [1.165, 1.54) is 54.2 Å². The summed E-state index contributed by atoms with van der Waals surface area (Å²) in [4.78, 5) is 62.1. The fourth-order valence-corrected chi connectivity index (χ4v) is 7.24. The summed E-state index contributed by atoms with van der Waals surface area (Å²) in [5.41, 5.74) is -1.48. The van der Waals surface area contributed by atoms with Gasteiger partial charge in [-0.15, -0.1) is 0 Å². The van der Waals surface area contributed by atoms with Gasteiger partial charge in [-0.3, -0.25) is 28.3 Å². The van der Waals surface area contributed by atoms with Crippen LogP contribution >= 0.6 is 0 Å². The summed E-state index contributed by atoms with van der Waals surface area (Å²) in [7, 11) is 3.03. The molecule has 2 N–H and O–H groups in total. The molecule has 0 unspecified atom stereocenters. The van der Waals surface area contributed by atoms with Crippen molar-refractivity contribution in [2.24, 2.45) is 5.92 Å². The molecule has 308 valence electrons. The number of nitrogens with zero attached hydrogens (tertiary/aromatic N) is 6. The van der Waals surface area contributed by atoms with Gasteiger partial charge < -0.3 is 34.2 Å². The number of likely N-dealkylation sites (tertiary alicyclic amines) is 2. The van der Waals surface area contributed by atoms with Gasteiger partial charge in [0.25, 0.3) is 17.0 Å². The smallest absolute Gasteiger partial charge is 0.261 e. The normalized spacial score (nSPS) is 16.1. The molecule has 0 radical (unpaired) electrons. The predicted molar refractivity (Wildman–Crippen MR) is 213 cm³/mol. The molecule has 2 saturated heterocycles. The lowest BCUT2D eigenvalue weighted by molar-refractivity contribution is -0.139. The number of ether oxygens (including phenoxy) is 3. The van der Waals surface area contributed by atoms with Gasteiger partial charge in [-0.2, -0.15) is 0 Å². The van der Waals surface area contributed by atoms with Crippen LogP contribution in [-0.4, -0.2) is 109 Å². The van der Waals surface area contributed by atoms with E-state index in [1.54, 1.807) is 46.2 Å². The lowest BCUT2D eigenvalue weighted by Crippen LogP contribution is -2.50. The van der Waals surface area contributed by atoms with Crippen LogP contribution in [0, 0.1) is 11.7 Å². The van der Waals surface area contributed by atoms with Crippen LogP contribution in [0.5, 0.6) is 17.2 Å². The highest BCUT2D eigenvalue weighted by molar-refractivity contribution is 5.82. The molecule has 15 nitrogen and oxygen atoms in total. The second-order valence-corrected chi connectivity index (χ2v) is 15.2. The Morgan fingerprint density at radius 1 is 0.741 bits per heavy atom. The number of rotatable bonds is 10. The molecule has 5 aromatic rings. The van der Waals surface area contributed by atoms with E-state index in [0.717, 1.165) is 0 Å². The Labute approximate surface area is 334 Å². The average Bonchev–Trinajstić information content (AvgIpc) is 3.22. The van der Waals surface area contributed by atoms with E-state index < -0.39 is 17.0 Å². The van der Waals surface area contributed by atoms with Crippen molar-refractivity contribution < 1.29 is 38.4 Å². The first-order chi connectivity index (χ1) is 27.7. The van der Waals surface area contributed by atoms with Crippen LogP contribution in [0.4, 0.5) is 4.39 Å². The highest BCUT2D eigenvalue weighted by Crippen LogP contribution is 2.31. The maximum atomic E-state index is 13.2. The zero-order valence-corrected chi connectivity index (χ0v) is 33.1. The monoisotopic (exact) mass is 800 g/mol. The van der Waals surface area contributed by atoms with Crippen molar-refractivity contribution in [3.63, 3.8) is 0 Å². The first-order valence-electron chi connectivity index (χ1n) is 19.2. The number of piperidine rings is 2. The van der Waals surface area contributed by atoms with Gasteiger partial charge in [-0.25, -0.2) is 14.4 Å². The van der Waals surface area contributed by atoms with E-state index in [4.69, 9.17) is 14.2 Å². The van der Waals surface area contributed by atoms with Crippen molar-refractivity contribution in [2.75, 3.05) is 47.0 Å². The number of hydrogen-bond donors (Lipinski definition) is 2. The molecule has 2 aliphatic heterocycles. The van der Waals surface area contributed by atoms with Gasteiger partial charge in [0.15, 0.2) is 18.1 Å². The van der Waals surface area contributed by atoms with E-state index in [-0.39, 0.29) is 48.5 Å². The Hall–Kier alpha value is -5.87. The fraction of sp³-hybridized carbons (Fsp3) is 0.429. The Morgan fingerprint density at radius 3 is 1.88 bits per heavy atom. The fourth-order valence-electron chi connectivity index (χ4n) is 7.24. The second kappa shape index (κ2) is 17.7.